The maximum atomic E-state index is 12.9. The highest BCUT2D eigenvalue weighted by Crippen LogP contribution is 2.34. The number of hydrogen-bond donors (Lipinski definition) is 1. The quantitative estimate of drug-likeness (QED) is 0.267. The fourth-order valence-corrected chi connectivity index (χ4v) is 3.01. The molecule has 6 heteroatoms. The monoisotopic (exact) mass is 405 g/mol. The number of hydrogen-bond acceptors (Lipinski definition) is 5. The molecular weight excluding hydrogens is 386 g/mol. The van der Waals surface area contributed by atoms with Crippen LogP contribution in [-0.2, 0) is 0 Å². The van der Waals surface area contributed by atoms with Crippen LogP contribution < -0.4 is 5.43 Å². The van der Waals surface area contributed by atoms with Gasteiger partial charge in [0.05, 0.1) is 22.6 Å². The summed E-state index contributed by atoms with van der Waals surface area (Å²) >= 11 is 0. The molecule has 0 aliphatic carbocycles. The van der Waals surface area contributed by atoms with E-state index in [0.717, 1.165) is 11.3 Å². The summed E-state index contributed by atoms with van der Waals surface area (Å²) in [7, 11) is 0. The third-order valence-corrected chi connectivity index (χ3v) is 4.45. The van der Waals surface area contributed by atoms with Gasteiger partial charge < -0.3 is 0 Å². The largest absolute Gasteiger partial charge is 0.273 e. The molecule has 0 unspecified atom stereocenters. The van der Waals surface area contributed by atoms with E-state index in [2.05, 4.69) is 26.0 Å². The number of amides is 1. The minimum absolute atomic E-state index is 0.379. The zero-order valence-electron chi connectivity index (χ0n) is 16.6. The molecule has 0 heterocycles. The Labute approximate surface area is 180 Å². The molecular formula is C25H19N5O. The van der Waals surface area contributed by atoms with Crippen LogP contribution in [0, 0.1) is 0 Å². The Hall–Kier alpha value is -4.45. The number of nitrogens with zero attached hydrogens (tertiary/aromatic N) is 4. The zero-order valence-corrected chi connectivity index (χ0v) is 16.6. The van der Waals surface area contributed by atoms with Gasteiger partial charge in [-0.3, -0.25) is 4.79 Å². The highest BCUT2D eigenvalue weighted by atomic mass is 16.2. The molecule has 4 aromatic carbocycles. The fourth-order valence-electron chi connectivity index (χ4n) is 3.01. The van der Waals surface area contributed by atoms with Crippen LogP contribution in [0.4, 0.5) is 17.1 Å². The number of nitrogens with one attached hydrogen (secondary N) is 1. The molecule has 0 aromatic heterocycles. The standard InChI is InChI=1S/C25H19N5O/c31-25(29-30-27-21-15-8-3-9-16-21)22-17-10-18-23(24(22)19-11-4-1-5-12-19)28-26-20-13-6-2-7-14-20/h1-18H,(H,27,29,31). The number of azo groups is 1. The van der Waals surface area contributed by atoms with Gasteiger partial charge in [-0.15, -0.1) is 10.2 Å². The van der Waals surface area contributed by atoms with Crippen molar-refractivity contribution >= 4 is 23.0 Å². The van der Waals surface area contributed by atoms with E-state index in [1.807, 2.05) is 84.9 Å². The molecule has 1 amide bonds. The zero-order chi connectivity index (χ0) is 21.3. The molecule has 150 valence electrons. The van der Waals surface area contributed by atoms with Crippen molar-refractivity contribution in [1.29, 1.82) is 0 Å². The van der Waals surface area contributed by atoms with Gasteiger partial charge in [-0.25, -0.2) is 5.43 Å². The van der Waals surface area contributed by atoms with Crippen LogP contribution in [0.3, 0.4) is 0 Å². The SMILES string of the molecule is O=C(NN=Nc1ccccc1)c1cccc(N=Nc2ccccc2)c1-c1ccccc1. The Balaban J connectivity index is 1.67. The molecule has 1 N–H and O–H groups in total. The number of carbonyl (C=O) groups excluding carboxylic acids is 1. The second kappa shape index (κ2) is 9.84. The van der Waals surface area contributed by atoms with E-state index in [1.165, 1.54) is 0 Å². The number of carbonyl (C=O) groups is 1. The molecule has 6 nitrogen and oxygen atoms in total. The summed E-state index contributed by atoms with van der Waals surface area (Å²) in [6, 6.07) is 33.6. The van der Waals surface area contributed by atoms with Gasteiger partial charge in [-0.2, -0.15) is 5.11 Å². The van der Waals surface area contributed by atoms with Crippen LogP contribution in [0.5, 0.6) is 0 Å². The van der Waals surface area contributed by atoms with Crippen LogP contribution in [0.15, 0.2) is 130 Å². The van der Waals surface area contributed by atoms with E-state index in [0.29, 0.717) is 22.5 Å². The normalized spacial score (nSPS) is 11.1. The fraction of sp³-hybridized carbons (Fsp3) is 0. The Morgan fingerprint density at radius 2 is 1.16 bits per heavy atom. The van der Waals surface area contributed by atoms with Crippen molar-refractivity contribution in [2.45, 2.75) is 0 Å². The highest BCUT2D eigenvalue weighted by Gasteiger charge is 2.16. The summed E-state index contributed by atoms with van der Waals surface area (Å²) in [6.45, 7) is 0. The Bertz CT molecular complexity index is 1210. The molecule has 0 aliphatic heterocycles. The topological polar surface area (TPSA) is 78.5 Å². The van der Waals surface area contributed by atoms with Crippen LogP contribution in [0.2, 0.25) is 0 Å². The second-order valence-corrected chi connectivity index (χ2v) is 6.58. The lowest BCUT2D eigenvalue weighted by Crippen LogP contribution is -2.17. The van der Waals surface area contributed by atoms with E-state index in [9.17, 15) is 4.79 Å². The molecule has 4 aromatic rings. The van der Waals surface area contributed by atoms with Crippen LogP contribution >= 0.6 is 0 Å². The van der Waals surface area contributed by atoms with Gasteiger partial charge in [0.2, 0.25) is 0 Å². The molecule has 4 rings (SSSR count). The molecule has 0 bridgehead atoms. The van der Waals surface area contributed by atoms with Gasteiger partial charge in [0.15, 0.2) is 0 Å². The molecule has 31 heavy (non-hydrogen) atoms. The van der Waals surface area contributed by atoms with Gasteiger partial charge in [-0.1, -0.05) is 78.0 Å². The summed E-state index contributed by atoms with van der Waals surface area (Å²) in [5.41, 5.74) is 6.44. The lowest BCUT2D eigenvalue weighted by molar-refractivity contribution is 0.0952. The molecule has 0 saturated heterocycles. The van der Waals surface area contributed by atoms with Crippen molar-refractivity contribution in [2.75, 3.05) is 0 Å². The van der Waals surface area contributed by atoms with Crippen molar-refractivity contribution in [3.05, 3.63) is 115 Å². The summed E-state index contributed by atoms with van der Waals surface area (Å²) in [5.74, 6) is -0.379. The van der Waals surface area contributed by atoms with Crippen molar-refractivity contribution in [3.63, 3.8) is 0 Å². The summed E-state index contributed by atoms with van der Waals surface area (Å²) in [5, 5.41) is 16.6. The van der Waals surface area contributed by atoms with Gasteiger partial charge in [0, 0.05) is 5.56 Å². The Morgan fingerprint density at radius 3 is 1.81 bits per heavy atom. The second-order valence-electron chi connectivity index (χ2n) is 6.58. The van der Waals surface area contributed by atoms with Crippen LogP contribution in [-0.4, -0.2) is 5.91 Å². The molecule has 0 fully saturated rings. The molecule has 0 atom stereocenters. The van der Waals surface area contributed by atoms with E-state index >= 15 is 0 Å². The lowest BCUT2D eigenvalue weighted by atomic mass is 9.97. The van der Waals surface area contributed by atoms with E-state index < -0.39 is 0 Å². The van der Waals surface area contributed by atoms with Gasteiger partial charge in [0.1, 0.15) is 0 Å². The van der Waals surface area contributed by atoms with Crippen molar-refractivity contribution in [3.8, 4) is 11.1 Å². The van der Waals surface area contributed by atoms with Crippen LogP contribution in [0.25, 0.3) is 11.1 Å². The minimum Gasteiger partial charge on any atom is -0.267 e. The predicted octanol–water partition coefficient (Wildman–Crippen LogP) is 7.20. The van der Waals surface area contributed by atoms with E-state index in [1.54, 1.807) is 24.3 Å². The number of rotatable bonds is 6. The first-order valence-electron chi connectivity index (χ1n) is 9.72. The maximum Gasteiger partial charge on any atom is 0.273 e. The van der Waals surface area contributed by atoms with Crippen molar-refractivity contribution in [2.24, 2.45) is 20.6 Å². The van der Waals surface area contributed by atoms with Crippen LogP contribution in [0.1, 0.15) is 10.4 Å². The smallest absolute Gasteiger partial charge is 0.267 e. The van der Waals surface area contributed by atoms with Gasteiger partial charge >= 0.3 is 0 Å². The predicted molar refractivity (Wildman–Crippen MR) is 121 cm³/mol. The first-order valence-corrected chi connectivity index (χ1v) is 9.72. The molecule has 0 spiro atoms. The summed E-state index contributed by atoms with van der Waals surface area (Å²) in [6.07, 6.45) is 0. The Morgan fingerprint density at radius 1 is 0.581 bits per heavy atom. The molecule has 0 aliphatic rings. The first kappa shape index (κ1) is 19.8. The third-order valence-electron chi connectivity index (χ3n) is 4.45. The number of benzene rings is 4. The average Bonchev–Trinajstić information content (AvgIpc) is 2.84. The third kappa shape index (κ3) is 5.13. The Kier molecular flexibility index (Phi) is 6.30. The maximum absolute atomic E-state index is 12.9. The lowest BCUT2D eigenvalue weighted by Gasteiger charge is -2.11. The average molecular weight is 405 g/mol. The highest BCUT2D eigenvalue weighted by molar-refractivity contribution is 6.03. The first-order chi connectivity index (χ1) is 15.3. The van der Waals surface area contributed by atoms with Crippen molar-refractivity contribution in [1.82, 2.24) is 5.43 Å². The molecule has 0 radical (unpaired) electrons. The summed E-state index contributed by atoms with van der Waals surface area (Å²) < 4.78 is 0. The van der Waals surface area contributed by atoms with Gasteiger partial charge in [0.25, 0.3) is 5.91 Å². The molecule has 0 saturated carbocycles. The minimum atomic E-state index is -0.379. The van der Waals surface area contributed by atoms with Crippen molar-refractivity contribution < 1.29 is 4.79 Å². The van der Waals surface area contributed by atoms with Gasteiger partial charge in [-0.05, 0) is 42.0 Å². The van der Waals surface area contributed by atoms with E-state index in [-0.39, 0.29) is 5.91 Å². The van der Waals surface area contributed by atoms with E-state index in [4.69, 9.17) is 0 Å². The summed E-state index contributed by atoms with van der Waals surface area (Å²) in [4.78, 5) is 12.9.